The summed E-state index contributed by atoms with van der Waals surface area (Å²) in [7, 11) is -0.606. The zero-order valence-electron chi connectivity index (χ0n) is 21.2. The topological polar surface area (TPSA) is 152 Å². The number of ether oxygens (including phenoxy) is 1. The van der Waals surface area contributed by atoms with Crippen molar-refractivity contribution < 1.29 is 22.7 Å². The fraction of sp³-hybridized carbons (Fsp3) is 0.320. The number of halogens is 1. The van der Waals surface area contributed by atoms with Crippen molar-refractivity contribution >= 4 is 50.4 Å². The molecule has 200 valence electrons. The summed E-state index contributed by atoms with van der Waals surface area (Å²) >= 11 is 6.42. The van der Waals surface area contributed by atoms with Crippen LogP contribution >= 0.6 is 11.6 Å². The molecule has 1 aromatic carbocycles. The Balaban J connectivity index is 1.74. The molecule has 13 heteroatoms. The van der Waals surface area contributed by atoms with Gasteiger partial charge in [0, 0.05) is 42.6 Å². The molecule has 1 fully saturated rings. The average molecular weight is 559 g/mol. The highest BCUT2D eigenvalue weighted by Gasteiger charge is 2.30. The number of methoxy groups -OCH3 is 1. The molecular formula is C25H27ClN6O5S. The maximum Gasteiger partial charge on any atom is 0.254 e. The highest BCUT2D eigenvalue weighted by Crippen LogP contribution is 2.40. The van der Waals surface area contributed by atoms with E-state index in [0.29, 0.717) is 27.7 Å². The van der Waals surface area contributed by atoms with E-state index in [1.54, 1.807) is 32.0 Å². The summed E-state index contributed by atoms with van der Waals surface area (Å²) in [6, 6.07) is 4.73. The maximum atomic E-state index is 12.5. The Bertz CT molecular complexity index is 1490. The number of hydrogen-bond acceptors (Lipinski definition) is 9. The van der Waals surface area contributed by atoms with Crippen LogP contribution in [0.5, 0.6) is 5.75 Å². The zero-order chi connectivity index (χ0) is 27.6. The van der Waals surface area contributed by atoms with Gasteiger partial charge >= 0.3 is 0 Å². The molecule has 38 heavy (non-hydrogen) atoms. The first-order valence-electron chi connectivity index (χ1n) is 11.8. The Morgan fingerprint density at radius 2 is 1.74 bits per heavy atom. The van der Waals surface area contributed by atoms with Gasteiger partial charge in [-0.2, -0.15) is 0 Å². The van der Waals surface area contributed by atoms with Crippen molar-refractivity contribution in [1.82, 2.24) is 20.3 Å². The second-order valence-electron chi connectivity index (χ2n) is 8.95. The number of hydrogen-bond donors (Lipinski definition) is 3. The van der Waals surface area contributed by atoms with Gasteiger partial charge in [-0.15, -0.1) is 0 Å². The van der Waals surface area contributed by atoms with Gasteiger partial charge in [0.05, 0.1) is 34.9 Å². The van der Waals surface area contributed by atoms with Gasteiger partial charge in [-0.1, -0.05) is 11.6 Å². The molecule has 2 heterocycles. The van der Waals surface area contributed by atoms with Crippen molar-refractivity contribution in [2.75, 3.05) is 24.8 Å². The number of nitrogens with one attached hydrogen (secondary N) is 3. The number of benzene rings is 1. The van der Waals surface area contributed by atoms with E-state index in [-0.39, 0.29) is 33.9 Å². The van der Waals surface area contributed by atoms with Crippen LogP contribution in [0.25, 0.3) is 11.4 Å². The molecule has 2 amide bonds. The first-order chi connectivity index (χ1) is 18.0. The third-order valence-corrected chi connectivity index (χ3v) is 8.25. The van der Waals surface area contributed by atoms with Gasteiger partial charge in [-0.05, 0) is 38.8 Å². The lowest BCUT2D eigenvalue weighted by Gasteiger charge is -2.18. The van der Waals surface area contributed by atoms with Crippen LogP contribution < -0.4 is 20.7 Å². The summed E-state index contributed by atoms with van der Waals surface area (Å²) < 4.78 is 30.6. The number of carbonyl (C=O) groups is 2. The van der Waals surface area contributed by atoms with Crippen LogP contribution in [-0.4, -0.2) is 54.6 Å². The minimum atomic E-state index is -3.55. The predicted molar refractivity (Wildman–Crippen MR) is 144 cm³/mol. The lowest BCUT2D eigenvalue weighted by atomic mass is 10.1. The van der Waals surface area contributed by atoms with Crippen molar-refractivity contribution in [3.05, 3.63) is 47.4 Å². The number of aromatic nitrogens is 3. The molecule has 3 aromatic rings. The van der Waals surface area contributed by atoms with Crippen molar-refractivity contribution in [3.63, 3.8) is 0 Å². The van der Waals surface area contributed by atoms with Crippen LogP contribution in [0.1, 0.15) is 37.0 Å². The summed E-state index contributed by atoms with van der Waals surface area (Å²) in [5.74, 6) is 0.226. The van der Waals surface area contributed by atoms with E-state index in [2.05, 4.69) is 30.9 Å². The van der Waals surface area contributed by atoms with Crippen molar-refractivity contribution in [2.24, 2.45) is 5.92 Å². The largest absolute Gasteiger partial charge is 0.494 e. The van der Waals surface area contributed by atoms with Gasteiger partial charge in [0.1, 0.15) is 10.7 Å². The number of carbonyl (C=O) groups excluding carboxylic acids is 2. The molecule has 0 unspecified atom stereocenters. The van der Waals surface area contributed by atoms with E-state index in [1.807, 2.05) is 0 Å². The van der Waals surface area contributed by atoms with Crippen LogP contribution in [0.3, 0.4) is 0 Å². The maximum absolute atomic E-state index is 12.5. The fourth-order valence-electron chi connectivity index (χ4n) is 3.61. The molecular weight excluding hydrogens is 532 g/mol. The lowest BCUT2D eigenvalue weighted by molar-refractivity contribution is -0.117. The zero-order valence-corrected chi connectivity index (χ0v) is 22.8. The van der Waals surface area contributed by atoms with Crippen LogP contribution in [0.4, 0.5) is 17.2 Å². The molecule has 0 spiro atoms. The van der Waals surface area contributed by atoms with E-state index in [4.69, 9.17) is 16.3 Å². The molecule has 0 saturated heterocycles. The number of rotatable bonds is 9. The van der Waals surface area contributed by atoms with Crippen LogP contribution in [0.2, 0.25) is 5.02 Å². The summed E-state index contributed by atoms with van der Waals surface area (Å²) in [6.07, 6.45) is 5.52. The van der Waals surface area contributed by atoms with Gasteiger partial charge in [-0.25, -0.2) is 23.4 Å². The number of pyridine rings is 1. The third kappa shape index (κ3) is 5.70. The molecule has 1 aliphatic carbocycles. The summed E-state index contributed by atoms with van der Waals surface area (Å²) in [6.45, 7) is 3.16. The summed E-state index contributed by atoms with van der Waals surface area (Å²) in [5.41, 5.74) is 1.35. The predicted octanol–water partition coefficient (Wildman–Crippen LogP) is 3.83. The molecule has 3 N–H and O–H groups in total. The van der Waals surface area contributed by atoms with E-state index >= 15 is 0 Å². The molecule has 0 aliphatic heterocycles. The Kier molecular flexibility index (Phi) is 7.83. The normalized spacial score (nSPS) is 13.2. The number of sulfone groups is 1. The molecule has 0 bridgehead atoms. The minimum Gasteiger partial charge on any atom is -0.494 e. The van der Waals surface area contributed by atoms with E-state index < -0.39 is 21.0 Å². The molecule has 11 nitrogen and oxygen atoms in total. The molecule has 2 aromatic heterocycles. The van der Waals surface area contributed by atoms with Gasteiger partial charge in [0.15, 0.2) is 21.4 Å². The number of anilines is 3. The van der Waals surface area contributed by atoms with Gasteiger partial charge in [-0.3, -0.25) is 9.59 Å². The second kappa shape index (κ2) is 10.9. The highest BCUT2D eigenvalue weighted by molar-refractivity contribution is 7.92. The molecule has 1 saturated carbocycles. The molecule has 4 rings (SSSR count). The molecule has 0 radical (unpaired) electrons. The van der Waals surface area contributed by atoms with Gasteiger partial charge in [0.25, 0.3) is 5.91 Å². The van der Waals surface area contributed by atoms with Crippen LogP contribution in [0.15, 0.2) is 41.7 Å². The SMILES string of the molecule is CNC(=O)c1cnc(NC(=O)C2CC2)cc1Nc1cc(Cl)cc(-c2ncc(S(=O)(=O)C(C)C)cn2)c1OC. The van der Waals surface area contributed by atoms with Crippen molar-refractivity contribution in [2.45, 2.75) is 36.8 Å². The Hall–Kier alpha value is -3.77. The monoisotopic (exact) mass is 558 g/mol. The van der Waals surface area contributed by atoms with Crippen molar-refractivity contribution in [1.29, 1.82) is 0 Å². The number of amides is 2. The van der Waals surface area contributed by atoms with Gasteiger partial charge in [0.2, 0.25) is 5.91 Å². The van der Waals surface area contributed by atoms with Crippen LogP contribution in [-0.2, 0) is 14.6 Å². The third-order valence-electron chi connectivity index (χ3n) is 5.92. The van der Waals surface area contributed by atoms with E-state index in [0.717, 1.165) is 12.8 Å². The van der Waals surface area contributed by atoms with E-state index in [9.17, 15) is 18.0 Å². The highest BCUT2D eigenvalue weighted by atomic mass is 35.5. The fourth-order valence-corrected chi connectivity index (χ4v) is 4.77. The smallest absolute Gasteiger partial charge is 0.254 e. The lowest BCUT2D eigenvalue weighted by Crippen LogP contribution is -2.20. The van der Waals surface area contributed by atoms with Gasteiger partial charge < -0.3 is 20.7 Å². The quantitative estimate of drug-likeness (QED) is 0.355. The summed E-state index contributed by atoms with van der Waals surface area (Å²) in [4.78, 5) is 37.5. The number of nitrogens with zero attached hydrogens (tertiary/aromatic N) is 3. The molecule has 0 atom stereocenters. The van der Waals surface area contributed by atoms with Crippen molar-refractivity contribution in [3.8, 4) is 17.1 Å². The Morgan fingerprint density at radius 3 is 2.32 bits per heavy atom. The summed E-state index contributed by atoms with van der Waals surface area (Å²) in [5, 5.41) is 8.17. The van der Waals surface area contributed by atoms with Crippen LogP contribution in [0, 0.1) is 5.92 Å². The first-order valence-corrected chi connectivity index (χ1v) is 13.7. The standard InChI is InChI=1S/C25H27ClN6O5S/c1-13(2)38(35,36)16-10-29-23(30-11-16)17-7-15(26)8-20(22(17)37-4)31-19-9-21(32-24(33)14-5-6-14)28-12-18(19)25(34)27-3/h7-14H,5-6H2,1-4H3,(H,27,34)(H2,28,31,32,33). The second-order valence-corrected chi connectivity index (χ2v) is 11.9. The minimum absolute atomic E-state index is 0.00312. The Labute approximate surface area is 225 Å². The molecule has 1 aliphatic rings. The average Bonchev–Trinajstić information content (AvgIpc) is 3.74. The Morgan fingerprint density at radius 1 is 1.05 bits per heavy atom. The first kappa shape index (κ1) is 27.3. The van der Waals surface area contributed by atoms with E-state index in [1.165, 1.54) is 32.7 Å².